The molecular weight excluding hydrogens is 219 g/mol. The van der Waals surface area contributed by atoms with Gasteiger partial charge in [0, 0.05) is 17.7 Å². The molecule has 0 aromatic heterocycles. The summed E-state index contributed by atoms with van der Waals surface area (Å²) >= 11 is 0. The molecule has 1 aromatic rings. The van der Waals surface area contributed by atoms with Gasteiger partial charge in [0.05, 0.1) is 0 Å². The van der Waals surface area contributed by atoms with E-state index >= 15 is 0 Å². The summed E-state index contributed by atoms with van der Waals surface area (Å²) in [4.78, 5) is 0. The van der Waals surface area contributed by atoms with Crippen molar-refractivity contribution in [1.29, 1.82) is 0 Å². The Balaban J connectivity index is 2.42. The molecule has 0 unspecified atom stereocenters. The predicted octanol–water partition coefficient (Wildman–Crippen LogP) is 2.61. The zero-order valence-electron chi connectivity index (χ0n) is 8.51. The lowest BCUT2D eigenvalue weighted by atomic mass is 9.77. The second-order valence-corrected chi connectivity index (χ2v) is 4.14. The third-order valence-corrected chi connectivity index (χ3v) is 3.17. The van der Waals surface area contributed by atoms with Crippen molar-refractivity contribution < 1.29 is 18.3 Å². The van der Waals surface area contributed by atoms with Crippen molar-refractivity contribution in [2.45, 2.75) is 25.3 Å². The number of nitrogens with two attached hydrogens (primary N) is 1. The van der Waals surface area contributed by atoms with Gasteiger partial charge in [0.1, 0.15) is 5.75 Å². The van der Waals surface area contributed by atoms with Crippen molar-refractivity contribution in [3.8, 4) is 5.75 Å². The van der Waals surface area contributed by atoms with Crippen molar-refractivity contribution in [3.63, 3.8) is 0 Å². The zero-order chi connectivity index (χ0) is 11.9. The van der Waals surface area contributed by atoms with Gasteiger partial charge in [0.15, 0.2) is 17.5 Å². The summed E-state index contributed by atoms with van der Waals surface area (Å²) in [6, 6.07) is -0.212. The Morgan fingerprint density at radius 3 is 2.38 bits per heavy atom. The van der Waals surface area contributed by atoms with Crippen LogP contribution in [-0.4, -0.2) is 5.11 Å². The van der Waals surface area contributed by atoms with Crippen molar-refractivity contribution in [3.05, 3.63) is 29.1 Å². The Labute approximate surface area is 90.9 Å². The van der Waals surface area contributed by atoms with Gasteiger partial charge in [-0.3, -0.25) is 0 Å². The van der Waals surface area contributed by atoms with Crippen LogP contribution in [0.25, 0.3) is 0 Å². The second-order valence-electron chi connectivity index (χ2n) is 4.14. The fraction of sp³-hybridized carbons (Fsp3) is 0.455. The number of phenolic OH excluding ortho intramolecular Hbond substituents is 1. The molecule has 1 aromatic carbocycles. The van der Waals surface area contributed by atoms with Crippen LogP contribution in [0.2, 0.25) is 0 Å². The van der Waals surface area contributed by atoms with E-state index in [0.717, 1.165) is 19.3 Å². The molecule has 0 radical (unpaired) electrons. The summed E-state index contributed by atoms with van der Waals surface area (Å²) in [5.74, 6) is -4.94. The van der Waals surface area contributed by atoms with E-state index in [9.17, 15) is 18.3 Å². The van der Waals surface area contributed by atoms with Crippen LogP contribution >= 0.6 is 0 Å². The molecule has 5 heteroatoms. The summed E-state index contributed by atoms with van der Waals surface area (Å²) in [6.45, 7) is 0. The number of benzene rings is 1. The predicted molar refractivity (Wildman–Crippen MR) is 52.3 cm³/mol. The third kappa shape index (κ3) is 1.65. The molecular formula is C11H12F3NO. The van der Waals surface area contributed by atoms with E-state index in [1.54, 1.807) is 0 Å². The summed E-state index contributed by atoms with van der Waals surface area (Å²) in [6.07, 6.45) is 2.63. The molecule has 1 fully saturated rings. The average Bonchev–Trinajstić information content (AvgIpc) is 2.11. The van der Waals surface area contributed by atoms with Crippen LogP contribution < -0.4 is 5.73 Å². The fourth-order valence-corrected chi connectivity index (χ4v) is 1.95. The summed E-state index contributed by atoms with van der Waals surface area (Å²) in [5.41, 5.74) is 5.42. The zero-order valence-corrected chi connectivity index (χ0v) is 8.51. The molecule has 0 amide bonds. The van der Waals surface area contributed by atoms with E-state index in [0.29, 0.717) is 6.07 Å². The minimum atomic E-state index is -1.58. The van der Waals surface area contributed by atoms with Crippen LogP contribution in [0, 0.1) is 23.4 Å². The van der Waals surface area contributed by atoms with Crippen LogP contribution in [0.3, 0.4) is 0 Å². The highest BCUT2D eigenvalue weighted by Gasteiger charge is 2.31. The summed E-state index contributed by atoms with van der Waals surface area (Å²) in [7, 11) is 0. The Hall–Kier alpha value is -1.23. The lowest BCUT2D eigenvalue weighted by Gasteiger charge is -2.31. The van der Waals surface area contributed by atoms with E-state index in [1.165, 1.54) is 0 Å². The molecule has 1 aliphatic rings. The lowest BCUT2D eigenvalue weighted by molar-refractivity contribution is 0.253. The molecule has 0 bridgehead atoms. The molecule has 1 atom stereocenters. The Morgan fingerprint density at radius 1 is 1.25 bits per heavy atom. The smallest absolute Gasteiger partial charge is 0.195 e. The number of hydrogen-bond acceptors (Lipinski definition) is 2. The monoisotopic (exact) mass is 231 g/mol. The Kier molecular flexibility index (Phi) is 2.80. The minimum absolute atomic E-state index is 0.0326. The highest BCUT2D eigenvalue weighted by molar-refractivity contribution is 5.37. The summed E-state index contributed by atoms with van der Waals surface area (Å²) < 4.78 is 39.2. The van der Waals surface area contributed by atoms with E-state index < -0.39 is 29.2 Å². The average molecular weight is 231 g/mol. The molecule has 0 aliphatic heterocycles. The minimum Gasteiger partial charge on any atom is -0.507 e. The van der Waals surface area contributed by atoms with Crippen molar-refractivity contribution in [1.82, 2.24) is 0 Å². The quantitative estimate of drug-likeness (QED) is 0.768. The van der Waals surface area contributed by atoms with Crippen LogP contribution in [0.15, 0.2) is 6.07 Å². The molecule has 0 saturated heterocycles. The first-order valence-electron chi connectivity index (χ1n) is 5.14. The van der Waals surface area contributed by atoms with Gasteiger partial charge in [-0.25, -0.2) is 13.2 Å². The van der Waals surface area contributed by atoms with Crippen molar-refractivity contribution in [2.75, 3.05) is 0 Å². The number of halogens is 3. The van der Waals surface area contributed by atoms with Crippen molar-refractivity contribution >= 4 is 0 Å². The molecule has 0 spiro atoms. The molecule has 3 N–H and O–H groups in total. The topological polar surface area (TPSA) is 46.2 Å². The van der Waals surface area contributed by atoms with Gasteiger partial charge in [-0.15, -0.1) is 0 Å². The number of hydrogen-bond donors (Lipinski definition) is 2. The lowest BCUT2D eigenvalue weighted by Crippen LogP contribution is -2.28. The van der Waals surface area contributed by atoms with E-state index in [4.69, 9.17) is 5.73 Å². The third-order valence-electron chi connectivity index (χ3n) is 3.17. The van der Waals surface area contributed by atoms with Gasteiger partial charge >= 0.3 is 0 Å². The maximum absolute atomic E-state index is 13.4. The van der Waals surface area contributed by atoms with E-state index in [-0.39, 0.29) is 11.5 Å². The van der Waals surface area contributed by atoms with Gasteiger partial charge in [-0.05, 0) is 18.8 Å². The standard InChI is InChI=1S/C11H12F3NO/c12-6-4-7(16)8(10(14)9(6)13)11(15)5-2-1-3-5/h4-5,11,16H,1-3,15H2/t11-/m1/s1. The number of rotatable bonds is 2. The molecule has 2 nitrogen and oxygen atoms in total. The molecule has 0 heterocycles. The van der Waals surface area contributed by atoms with Crippen molar-refractivity contribution in [2.24, 2.45) is 11.7 Å². The molecule has 1 aliphatic carbocycles. The van der Waals surface area contributed by atoms with E-state index in [1.807, 2.05) is 0 Å². The van der Waals surface area contributed by atoms with Crippen LogP contribution in [0.5, 0.6) is 5.75 Å². The fourth-order valence-electron chi connectivity index (χ4n) is 1.95. The Morgan fingerprint density at radius 2 is 1.88 bits per heavy atom. The maximum Gasteiger partial charge on any atom is 0.195 e. The largest absolute Gasteiger partial charge is 0.507 e. The van der Waals surface area contributed by atoms with Gasteiger partial charge in [-0.2, -0.15) is 0 Å². The highest BCUT2D eigenvalue weighted by atomic mass is 19.2. The first-order valence-corrected chi connectivity index (χ1v) is 5.14. The molecule has 2 rings (SSSR count). The first kappa shape index (κ1) is 11.3. The van der Waals surface area contributed by atoms with Gasteiger partial charge in [0.2, 0.25) is 0 Å². The van der Waals surface area contributed by atoms with Gasteiger partial charge in [0.25, 0.3) is 0 Å². The van der Waals surface area contributed by atoms with Crippen LogP contribution in [0.4, 0.5) is 13.2 Å². The Bertz CT molecular complexity index is 418. The highest BCUT2D eigenvalue weighted by Crippen LogP contribution is 2.40. The van der Waals surface area contributed by atoms with E-state index in [2.05, 4.69) is 0 Å². The maximum atomic E-state index is 13.4. The SMILES string of the molecule is N[C@@H](c1c(O)cc(F)c(F)c1F)C1CCC1. The van der Waals surface area contributed by atoms with Crippen LogP contribution in [0.1, 0.15) is 30.9 Å². The van der Waals surface area contributed by atoms with Crippen LogP contribution in [-0.2, 0) is 0 Å². The molecule has 88 valence electrons. The summed E-state index contributed by atoms with van der Waals surface area (Å²) in [5, 5.41) is 9.41. The first-order chi connectivity index (χ1) is 7.52. The molecule has 16 heavy (non-hydrogen) atoms. The normalized spacial score (nSPS) is 18.2. The second kappa shape index (κ2) is 3.97. The van der Waals surface area contributed by atoms with Gasteiger partial charge in [-0.1, -0.05) is 6.42 Å². The number of phenols is 1. The molecule has 1 saturated carbocycles. The number of aromatic hydroxyl groups is 1. The van der Waals surface area contributed by atoms with Gasteiger partial charge < -0.3 is 10.8 Å².